The van der Waals surface area contributed by atoms with E-state index in [-0.39, 0.29) is 40.5 Å². The van der Waals surface area contributed by atoms with Gasteiger partial charge in [-0.2, -0.15) is 0 Å². The lowest BCUT2D eigenvalue weighted by Crippen LogP contribution is -2.54. The van der Waals surface area contributed by atoms with E-state index in [1.54, 1.807) is 6.92 Å². The van der Waals surface area contributed by atoms with E-state index in [4.69, 9.17) is 4.74 Å². The second kappa shape index (κ2) is 6.28. The molecule has 4 aliphatic carbocycles. The van der Waals surface area contributed by atoms with Crippen molar-refractivity contribution in [3.63, 3.8) is 0 Å². The first-order chi connectivity index (χ1) is 12.7. The molecule has 0 spiro atoms. The van der Waals surface area contributed by atoms with E-state index in [1.165, 1.54) is 12.5 Å². The van der Waals surface area contributed by atoms with Crippen LogP contribution in [-0.2, 0) is 19.1 Å². The van der Waals surface area contributed by atoms with Crippen molar-refractivity contribution in [2.24, 2.45) is 34.5 Å². The highest BCUT2D eigenvalue weighted by Crippen LogP contribution is 2.65. The number of carbonyl (C=O) groups excluding carboxylic acids is 3. The molecule has 1 unspecified atom stereocenters. The number of esters is 1. The zero-order chi connectivity index (χ0) is 19.6. The van der Waals surface area contributed by atoms with Gasteiger partial charge in [0.15, 0.2) is 5.78 Å². The maximum absolute atomic E-state index is 13.2. The molecule has 148 valence electrons. The van der Waals surface area contributed by atoms with Crippen molar-refractivity contribution in [1.82, 2.24) is 0 Å². The van der Waals surface area contributed by atoms with Gasteiger partial charge in [0.25, 0.3) is 0 Å². The van der Waals surface area contributed by atoms with Crippen LogP contribution in [0.4, 0.5) is 0 Å². The zero-order valence-electron chi connectivity index (χ0n) is 17.0. The van der Waals surface area contributed by atoms with Gasteiger partial charge in [-0.05, 0) is 74.2 Å². The second-order valence-corrected chi connectivity index (χ2v) is 9.99. The molecule has 27 heavy (non-hydrogen) atoms. The Balaban J connectivity index is 1.65. The summed E-state index contributed by atoms with van der Waals surface area (Å²) in [4.78, 5) is 36.8. The Kier molecular flexibility index (Phi) is 4.40. The van der Waals surface area contributed by atoms with Gasteiger partial charge >= 0.3 is 5.97 Å². The summed E-state index contributed by atoms with van der Waals surface area (Å²) in [6.07, 6.45) is 8.37. The molecule has 3 saturated carbocycles. The van der Waals surface area contributed by atoms with Crippen molar-refractivity contribution in [2.75, 3.05) is 0 Å². The van der Waals surface area contributed by atoms with E-state index in [0.717, 1.165) is 38.5 Å². The van der Waals surface area contributed by atoms with Crippen molar-refractivity contribution < 1.29 is 19.1 Å². The number of carbonyl (C=O) groups is 3. The van der Waals surface area contributed by atoms with E-state index in [0.29, 0.717) is 24.0 Å². The summed E-state index contributed by atoms with van der Waals surface area (Å²) in [5.41, 5.74) is 1.21. The summed E-state index contributed by atoms with van der Waals surface area (Å²) in [5.74, 6) is 1.20. The van der Waals surface area contributed by atoms with E-state index < -0.39 is 0 Å². The van der Waals surface area contributed by atoms with Crippen LogP contribution in [0, 0.1) is 34.5 Å². The van der Waals surface area contributed by atoms with Crippen LogP contribution in [0.3, 0.4) is 0 Å². The van der Waals surface area contributed by atoms with Gasteiger partial charge in [0, 0.05) is 25.2 Å². The zero-order valence-corrected chi connectivity index (χ0v) is 17.0. The highest BCUT2D eigenvalue weighted by Gasteiger charge is 2.61. The maximum Gasteiger partial charge on any atom is 0.302 e. The first-order valence-electron chi connectivity index (χ1n) is 10.6. The van der Waals surface area contributed by atoms with Gasteiger partial charge in [0.2, 0.25) is 0 Å². The Bertz CT molecular complexity index is 722. The smallest absolute Gasteiger partial charge is 0.302 e. The van der Waals surface area contributed by atoms with Crippen molar-refractivity contribution in [3.05, 3.63) is 11.6 Å². The minimum atomic E-state index is -0.237. The molecule has 0 aliphatic heterocycles. The fraction of sp³-hybridized carbons (Fsp3) is 0.783. The van der Waals surface area contributed by atoms with Crippen molar-refractivity contribution in [1.29, 1.82) is 0 Å². The van der Waals surface area contributed by atoms with E-state index >= 15 is 0 Å². The number of ketones is 2. The van der Waals surface area contributed by atoms with E-state index in [9.17, 15) is 14.4 Å². The average Bonchev–Trinajstić information content (AvgIpc) is 2.93. The number of hydrogen-bond acceptors (Lipinski definition) is 4. The lowest BCUT2D eigenvalue weighted by Gasteiger charge is -2.57. The SMILES string of the molecule is CC(=O)OC1CC[C@@]2(C)C(=CC(=O)[C@H]3[C@@H]4CC[C@H](C(C)=O)[C@@]4(C)CC[C@@H]32)C1. The first-order valence-corrected chi connectivity index (χ1v) is 10.6. The standard InChI is InChI=1S/C23H32O4/c1-13(24)17-5-6-18-21-19(8-10-23(17,18)4)22(3)9-7-16(27-14(2)25)11-15(22)12-20(21)26/h12,16-19,21H,5-11H2,1-4H3/t16?,17-,18+,19+,21+,22+,23-/m1/s1. The molecule has 3 fully saturated rings. The topological polar surface area (TPSA) is 60.4 Å². The largest absolute Gasteiger partial charge is 0.462 e. The number of fused-ring (bicyclic) bond motifs is 5. The van der Waals surface area contributed by atoms with Crippen molar-refractivity contribution in [3.8, 4) is 0 Å². The third kappa shape index (κ3) is 2.74. The highest BCUT2D eigenvalue weighted by molar-refractivity contribution is 5.95. The van der Waals surface area contributed by atoms with Crippen LogP contribution in [0.5, 0.6) is 0 Å². The minimum Gasteiger partial charge on any atom is -0.462 e. The molecule has 0 amide bonds. The molecular formula is C23H32O4. The Hall–Kier alpha value is -1.45. The third-order valence-electron chi connectivity index (χ3n) is 8.72. The molecule has 4 nitrogen and oxygen atoms in total. The molecule has 0 aromatic heterocycles. The molecule has 0 aromatic rings. The number of hydrogen-bond donors (Lipinski definition) is 0. The Labute approximate surface area is 162 Å². The molecule has 0 heterocycles. The van der Waals surface area contributed by atoms with Crippen LogP contribution in [0.25, 0.3) is 0 Å². The molecule has 0 bridgehead atoms. The fourth-order valence-corrected chi connectivity index (χ4v) is 7.37. The number of Topliss-reactive ketones (excluding diaryl/α,β-unsaturated/α-hetero) is 1. The van der Waals surface area contributed by atoms with Crippen LogP contribution in [0.1, 0.15) is 72.6 Å². The lowest BCUT2D eigenvalue weighted by atomic mass is 9.47. The summed E-state index contributed by atoms with van der Waals surface area (Å²) < 4.78 is 5.45. The summed E-state index contributed by atoms with van der Waals surface area (Å²) in [6, 6.07) is 0. The summed E-state index contributed by atoms with van der Waals surface area (Å²) in [6.45, 7) is 7.77. The molecule has 7 atom stereocenters. The molecule has 4 rings (SSSR count). The normalized spacial score (nSPS) is 46.0. The average molecular weight is 373 g/mol. The molecule has 0 N–H and O–H groups in total. The van der Waals surface area contributed by atoms with Gasteiger partial charge in [-0.25, -0.2) is 0 Å². The summed E-state index contributed by atoms with van der Waals surface area (Å²) >= 11 is 0. The van der Waals surface area contributed by atoms with Gasteiger partial charge in [0.1, 0.15) is 11.9 Å². The second-order valence-electron chi connectivity index (χ2n) is 9.99. The van der Waals surface area contributed by atoms with E-state index in [2.05, 4.69) is 13.8 Å². The highest BCUT2D eigenvalue weighted by atomic mass is 16.5. The van der Waals surface area contributed by atoms with Crippen LogP contribution >= 0.6 is 0 Å². The quantitative estimate of drug-likeness (QED) is 0.679. The summed E-state index contributed by atoms with van der Waals surface area (Å²) in [5, 5.41) is 0. The van der Waals surface area contributed by atoms with E-state index in [1.807, 2.05) is 6.08 Å². The van der Waals surface area contributed by atoms with Gasteiger partial charge in [0.05, 0.1) is 0 Å². The van der Waals surface area contributed by atoms with Crippen LogP contribution < -0.4 is 0 Å². The summed E-state index contributed by atoms with van der Waals surface area (Å²) in [7, 11) is 0. The fourth-order valence-electron chi connectivity index (χ4n) is 7.37. The predicted octanol–water partition coefficient (Wildman–Crippen LogP) is 4.27. The Morgan fingerprint density at radius 2 is 1.78 bits per heavy atom. The Morgan fingerprint density at radius 1 is 1.04 bits per heavy atom. The molecule has 0 radical (unpaired) electrons. The van der Waals surface area contributed by atoms with Crippen molar-refractivity contribution in [2.45, 2.75) is 78.7 Å². The molecule has 4 heteroatoms. The number of rotatable bonds is 2. The Morgan fingerprint density at radius 3 is 2.44 bits per heavy atom. The van der Waals surface area contributed by atoms with Gasteiger partial charge in [-0.15, -0.1) is 0 Å². The van der Waals surface area contributed by atoms with Crippen LogP contribution in [-0.4, -0.2) is 23.6 Å². The monoisotopic (exact) mass is 372 g/mol. The molecule has 0 saturated heterocycles. The van der Waals surface area contributed by atoms with Crippen molar-refractivity contribution >= 4 is 17.5 Å². The first kappa shape index (κ1) is 18.9. The lowest BCUT2D eigenvalue weighted by molar-refractivity contribution is -0.149. The van der Waals surface area contributed by atoms with Gasteiger partial charge < -0.3 is 4.74 Å². The predicted molar refractivity (Wildman–Crippen MR) is 102 cm³/mol. The third-order valence-corrected chi connectivity index (χ3v) is 8.72. The molecule has 0 aromatic carbocycles. The van der Waals surface area contributed by atoms with Crippen LogP contribution in [0.15, 0.2) is 11.6 Å². The van der Waals surface area contributed by atoms with Gasteiger partial charge in [-0.1, -0.05) is 19.4 Å². The van der Waals surface area contributed by atoms with Gasteiger partial charge in [-0.3, -0.25) is 14.4 Å². The molecular weight excluding hydrogens is 340 g/mol. The molecule has 4 aliphatic rings. The van der Waals surface area contributed by atoms with Crippen LogP contribution in [0.2, 0.25) is 0 Å². The number of allylic oxidation sites excluding steroid dienone is 1. The maximum atomic E-state index is 13.2. The minimum absolute atomic E-state index is 0.0146. The number of ether oxygens (including phenoxy) is 1.